The molecule has 7 nitrogen and oxygen atoms in total. The van der Waals surface area contributed by atoms with Crippen LogP contribution >= 0.6 is 0 Å². The molecule has 1 N–H and O–H groups in total. The van der Waals surface area contributed by atoms with E-state index in [4.69, 9.17) is 9.47 Å². The molecule has 0 atom stereocenters. The van der Waals surface area contributed by atoms with Gasteiger partial charge in [0.2, 0.25) is 0 Å². The quantitative estimate of drug-likeness (QED) is 0.138. The minimum atomic E-state index is -0.220. The van der Waals surface area contributed by atoms with Gasteiger partial charge in [-0.3, -0.25) is 9.59 Å². The fourth-order valence-electron chi connectivity index (χ4n) is 4.93. The van der Waals surface area contributed by atoms with Crippen LogP contribution in [0.1, 0.15) is 28.4 Å². The van der Waals surface area contributed by atoms with Gasteiger partial charge in [0.1, 0.15) is 18.1 Å². The normalized spacial score (nSPS) is 13.1. The minimum absolute atomic E-state index is 0.0392. The summed E-state index contributed by atoms with van der Waals surface area (Å²) in [6.07, 6.45) is 8.00. The molecule has 0 unspecified atom stereocenters. The van der Waals surface area contributed by atoms with Gasteiger partial charge in [0, 0.05) is 48.7 Å². The number of amides is 2. The molecule has 5 rings (SSSR count). The topological polar surface area (TPSA) is 71.1 Å². The minimum Gasteiger partial charge on any atom is -0.497 e. The lowest BCUT2D eigenvalue weighted by molar-refractivity contribution is -0.127. The fourth-order valence-corrected chi connectivity index (χ4v) is 4.93. The number of piperazine rings is 1. The number of hydrogen-bond acceptors (Lipinski definition) is 5. The van der Waals surface area contributed by atoms with Crippen LogP contribution in [0, 0.1) is 12.8 Å². The van der Waals surface area contributed by atoms with Gasteiger partial charge in [-0.15, -0.1) is 12.8 Å². The number of nitrogens with one attached hydrogen (secondary N) is 1. The van der Waals surface area contributed by atoms with Gasteiger partial charge < -0.3 is 24.6 Å². The Morgan fingerprint density at radius 2 is 1.32 bits per heavy atom. The number of hydrogen-bond donors (Lipinski definition) is 1. The van der Waals surface area contributed by atoms with E-state index in [1.54, 1.807) is 31.4 Å². The lowest BCUT2D eigenvalue weighted by Gasteiger charge is -2.36. The zero-order chi connectivity index (χ0) is 31.3. The van der Waals surface area contributed by atoms with Crippen LogP contribution in [0.25, 0.3) is 5.76 Å². The Kier molecular flexibility index (Phi) is 11.2. The van der Waals surface area contributed by atoms with E-state index in [0.29, 0.717) is 48.0 Å². The van der Waals surface area contributed by atoms with Crippen LogP contribution in [0.5, 0.6) is 5.75 Å². The number of rotatable bonds is 9. The standard InChI is InChI=1S/C35H35N3O4.C2H2/c1-26(35(40)38-23-21-37(22-24-38)31-11-7-4-8-12-31)33(42-25-27-9-5-3-6-10-27)28-13-17-30(18-14-28)36-34(39)29-15-19-32(41-2)20-16-29;1-2/h3-20H,21-25H2,1-2H3,(H,36,39);1-2H/b33-26+;. The predicted molar refractivity (Wildman–Crippen MR) is 176 cm³/mol. The number of para-hydroxylation sites is 1. The number of methoxy groups -OCH3 is 1. The Morgan fingerprint density at radius 3 is 1.91 bits per heavy atom. The number of carbonyl (C=O) groups excluding carboxylic acids is 2. The summed E-state index contributed by atoms with van der Waals surface area (Å²) in [5.41, 5.74) is 4.66. The highest BCUT2D eigenvalue weighted by Crippen LogP contribution is 2.26. The molecule has 0 spiro atoms. The molecule has 0 aromatic heterocycles. The van der Waals surface area contributed by atoms with Gasteiger partial charge >= 0.3 is 0 Å². The van der Waals surface area contributed by atoms with Crippen LogP contribution in [-0.4, -0.2) is 50.0 Å². The summed E-state index contributed by atoms with van der Waals surface area (Å²) in [7, 11) is 1.59. The number of anilines is 2. The van der Waals surface area contributed by atoms with Crippen LogP contribution in [0.3, 0.4) is 0 Å². The van der Waals surface area contributed by atoms with Gasteiger partial charge in [0.15, 0.2) is 0 Å². The monoisotopic (exact) mass is 587 g/mol. The van der Waals surface area contributed by atoms with Gasteiger partial charge in [-0.05, 0) is 73.2 Å². The van der Waals surface area contributed by atoms with Crippen LogP contribution < -0.4 is 15.0 Å². The summed E-state index contributed by atoms with van der Waals surface area (Å²) in [5, 5.41) is 2.92. The van der Waals surface area contributed by atoms with Crippen LogP contribution in [0.15, 0.2) is 115 Å². The fraction of sp³-hybridized carbons (Fsp3) is 0.189. The smallest absolute Gasteiger partial charge is 0.255 e. The van der Waals surface area contributed by atoms with Crippen LogP contribution in [0.4, 0.5) is 11.4 Å². The Labute approximate surface area is 259 Å². The summed E-state index contributed by atoms with van der Waals surface area (Å²) in [4.78, 5) is 30.6. The van der Waals surface area contributed by atoms with E-state index >= 15 is 0 Å². The van der Waals surface area contributed by atoms with E-state index in [1.165, 1.54) is 5.69 Å². The van der Waals surface area contributed by atoms with Crippen molar-refractivity contribution < 1.29 is 19.1 Å². The highest BCUT2D eigenvalue weighted by Gasteiger charge is 2.25. The van der Waals surface area contributed by atoms with Crippen molar-refractivity contribution in [3.63, 3.8) is 0 Å². The third-order valence-corrected chi connectivity index (χ3v) is 7.33. The molecule has 0 bridgehead atoms. The van der Waals surface area contributed by atoms with E-state index in [9.17, 15) is 9.59 Å². The molecule has 4 aromatic carbocycles. The molecule has 1 fully saturated rings. The average Bonchev–Trinajstić information content (AvgIpc) is 3.10. The number of ether oxygens (including phenoxy) is 2. The number of benzene rings is 4. The second-order valence-electron chi connectivity index (χ2n) is 10.1. The highest BCUT2D eigenvalue weighted by atomic mass is 16.5. The van der Waals surface area contributed by atoms with Gasteiger partial charge in [-0.1, -0.05) is 48.5 Å². The second kappa shape index (κ2) is 15.7. The first kappa shape index (κ1) is 31.5. The van der Waals surface area contributed by atoms with Crippen LogP contribution in [0.2, 0.25) is 0 Å². The summed E-state index contributed by atoms with van der Waals surface area (Å²) < 4.78 is 11.5. The maximum atomic E-state index is 13.7. The summed E-state index contributed by atoms with van der Waals surface area (Å²) in [6, 6.07) is 34.5. The Bertz CT molecular complexity index is 1560. The van der Waals surface area contributed by atoms with Crippen molar-refractivity contribution in [1.29, 1.82) is 0 Å². The second-order valence-corrected chi connectivity index (χ2v) is 10.1. The van der Waals surface area contributed by atoms with Crippen molar-refractivity contribution in [3.05, 3.63) is 131 Å². The van der Waals surface area contributed by atoms with Crippen molar-refractivity contribution in [2.75, 3.05) is 43.5 Å². The molecule has 0 radical (unpaired) electrons. The molecule has 2 amide bonds. The average molecular weight is 588 g/mol. The first-order chi connectivity index (χ1) is 21.5. The van der Waals surface area contributed by atoms with Crippen molar-refractivity contribution >= 4 is 28.9 Å². The van der Waals surface area contributed by atoms with Crippen molar-refractivity contribution in [2.24, 2.45) is 0 Å². The molecule has 224 valence electrons. The van der Waals surface area contributed by atoms with E-state index in [-0.39, 0.29) is 11.8 Å². The summed E-state index contributed by atoms with van der Waals surface area (Å²) in [5.74, 6) is 0.959. The Morgan fingerprint density at radius 1 is 0.750 bits per heavy atom. The molecule has 0 aliphatic carbocycles. The molecule has 0 saturated carbocycles. The maximum Gasteiger partial charge on any atom is 0.255 e. The van der Waals surface area contributed by atoms with Gasteiger partial charge in [0.25, 0.3) is 11.8 Å². The molecule has 4 aromatic rings. The largest absolute Gasteiger partial charge is 0.497 e. The van der Waals surface area contributed by atoms with Gasteiger partial charge in [0.05, 0.1) is 12.7 Å². The molecular formula is C37H37N3O4. The number of carbonyl (C=O) groups is 2. The molecule has 1 aliphatic heterocycles. The molecule has 1 aliphatic rings. The van der Waals surface area contributed by atoms with Crippen molar-refractivity contribution in [1.82, 2.24) is 4.90 Å². The van der Waals surface area contributed by atoms with Crippen molar-refractivity contribution in [2.45, 2.75) is 13.5 Å². The third kappa shape index (κ3) is 8.08. The lowest BCUT2D eigenvalue weighted by Crippen LogP contribution is -2.49. The first-order valence-electron chi connectivity index (χ1n) is 14.4. The SMILES string of the molecule is C#C.COc1ccc(C(=O)Nc2ccc(/C(OCc3ccccc3)=C(/C)C(=O)N3CCN(c4ccccc4)CC3)cc2)cc1. The molecule has 1 heterocycles. The maximum absolute atomic E-state index is 13.7. The molecule has 7 heteroatoms. The highest BCUT2D eigenvalue weighted by molar-refractivity contribution is 6.04. The predicted octanol–water partition coefficient (Wildman–Crippen LogP) is 6.49. The number of terminal acetylenes is 1. The Hall–Kier alpha value is -5.48. The third-order valence-electron chi connectivity index (χ3n) is 7.33. The van der Waals surface area contributed by atoms with E-state index in [1.807, 2.05) is 84.6 Å². The summed E-state index contributed by atoms with van der Waals surface area (Å²) >= 11 is 0. The Balaban J connectivity index is 0.00000216. The van der Waals surface area contributed by atoms with Gasteiger partial charge in [-0.2, -0.15) is 0 Å². The number of nitrogens with zero attached hydrogens (tertiary/aromatic N) is 2. The van der Waals surface area contributed by atoms with E-state index in [0.717, 1.165) is 24.2 Å². The first-order valence-corrected chi connectivity index (χ1v) is 14.4. The molecular weight excluding hydrogens is 550 g/mol. The zero-order valence-corrected chi connectivity index (χ0v) is 25.1. The summed E-state index contributed by atoms with van der Waals surface area (Å²) in [6.45, 7) is 4.96. The zero-order valence-electron chi connectivity index (χ0n) is 25.1. The van der Waals surface area contributed by atoms with Gasteiger partial charge in [-0.25, -0.2) is 0 Å². The van der Waals surface area contributed by atoms with E-state index in [2.05, 4.69) is 35.2 Å². The lowest BCUT2D eigenvalue weighted by atomic mass is 10.1. The van der Waals surface area contributed by atoms with E-state index < -0.39 is 0 Å². The van der Waals surface area contributed by atoms with Crippen LogP contribution in [-0.2, 0) is 16.1 Å². The molecule has 44 heavy (non-hydrogen) atoms. The molecule has 1 saturated heterocycles. The van der Waals surface area contributed by atoms with Crippen molar-refractivity contribution in [3.8, 4) is 18.6 Å².